The van der Waals surface area contributed by atoms with Crippen LogP contribution in [0.3, 0.4) is 0 Å². The van der Waals surface area contributed by atoms with Crippen LogP contribution < -0.4 is 5.32 Å². The van der Waals surface area contributed by atoms with Crippen LogP contribution in [0.25, 0.3) is 0 Å². The first kappa shape index (κ1) is 20.4. The molecule has 2 atom stereocenters. The maximum atomic E-state index is 13.8. The number of aryl methyl sites for hydroxylation is 1. The van der Waals surface area contributed by atoms with E-state index < -0.39 is 11.4 Å². The summed E-state index contributed by atoms with van der Waals surface area (Å²) < 4.78 is 13.8. The highest BCUT2D eigenvalue weighted by Gasteiger charge is 2.42. The van der Waals surface area contributed by atoms with Crippen molar-refractivity contribution >= 4 is 23.6 Å². The van der Waals surface area contributed by atoms with Gasteiger partial charge in [-0.05, 0) is 43.2 Å². The number of rotatable bonds is 6. The summed E-state index contributed by atoms with van der Waals surface area (Å²) in [4.78, 5) is 27.7. The zero-order chi connectivity index (χ0) is 20.1. The molecular formula is C22H25FN2O2S. The molecule has 1 heterocycles. The normalized spacial score (nSPS) is 18.9. The number of nitrogens with one attached hydrogen (secondary N) is 1. The summed E-state index contributed by atoms with van der Waals surface area (Å²) in [5, 5.41) is 2.54. The number of benzene rings is 2. The molecule has 2 aromatic carbocycles. The lowest BCUT2D eigenvalue weighted by molar-refractivity contribution is -0.124. The highest BCUT2D eigenvalue weighted by atomic mass is 32.2. The molecule has 148 valence electrons. The van der Waals surface area contributed by atoms with Crippen LogP contribution in [0.1, 0.15) is 46.6 Å². The SMILES string of the molecule is CCCCNC(=O)[C@@H]1CS[C@H](c2cccc(F)c2)N1C(=O)c1cccc(C)c1. The van der Waals surface area contributed by atoms with Gasteiger partial charge in [0.05, 0.1) is 0 Å². The average molecular weight is 401 g/mol. The van der Waals surface area contributed by atoms with Gasteiger partial charge >= 0.3 is 0 Å². The molecule has 0 bridgehead atoms. The van der Waals surface area contributed by atoms with E-state index in [1.165, 1.54) is 23.9 Å². The van der Waals surface area contributed by atoms with E-state index in [1.54, 1.807) is 23.1 Å². The molecule has 1 fully saturated rings. The van der Waals surface area contributed by atoms with Gasteiger partial charge in [-0.25, -0.2) is 4.39 Å². The molecule has 6 heteroatoms. The van der Waals surface area contributed by atoms with Crippen molar-refractivity contribution in [2.45, 2.75) is 38.1 Å². The van der Waals surface area contributed by atoms with E-state index >= 15 is 0 Å². The van der Waals surface area contributed by atoms with Crippen LogP contribution in [0, 0.1) is 12.7 Å². The third kappa shape index (κ3) is 4.55. The Balaban J connectivity index is 1.92. The van der Waals surface area contributed by atoms with Gasteiger partial charge in [0.1, 0.15) is 17.2 Å². The zero-order valence-corrected chi connectivity index (χ0v) is 17.0. The number of halogens is 1. The fourth-order valence-corrected chi connectivity index (χ4v) is 4.73. The molecule has 1 N–H and O–H groups in total. The first-order valence-electron chi connectivity index (χ1n) is 9.55. The van der Waals surface area contributed by atoms with Gasteiger partial charge in [-0.15, -0.1) is 11.8 Å². The Morgan fingerprint density at radius 1 is 1.21 bits per heavy atom. The predicted octanol–water partition coefficient (Wildman–Crippen LogP) is 4.31. The second-order valence-corrected chi connectivity index (χ2v) is 8.10. The van der Waals surface area contributed by atoms with E-state index in [-0.39, 0.29) is 17.6 Å². The quantitative estimate of drug-likeness (QED) is 0.735. The standard InChI is InChI=1S/C22H25FN2O2S/c1-3-4-11-24-20(26)19-14-28-22(17-9-6-10-18(23)13-17)25(19)21(27)16-8-5-7-15(2)12-16/h5-10,12-13,19,22H,3-4,11,14H2,1-2H3,(H,24,26)/t19-,22+/m0/s1. The van der Waals surface area contributed by atoms with Gasteiger partial charge in [0, 0.05) is 17.9 Å². The van der Waals surface area contributed by atoms with Crippen molar-refractivity contribution in [3.8, 4) is 0 Å². The highest BCUT2D eigenvalue weighted by molar-refractivity contribution is 7.99. The number of thioether (sulfide) groups is 1. The van der Waals surface area contributed by atoms with Crippen LogP contribution in [-0.2, 0) is 4.79 Å². The van der Waals surface area contributed by atoms with Gasteiger partial charge in [0.2, 0.25) is 5.91 Å². The van der Waals surface area contributed by atoms with E-state index in [0.717, 1.165) is 18.4 Å². The maximum absolute atomic E-state index is 13.8. The lowest BCUT2D eigenvalue weighted by atomic mass is 10.1. The minimum absolute atomic E-state index is 0.152. The van der Waals surface area contributed by atoms with Crippen molar-refractivity contribution in [2.24, 2.45) is 0 Å². The summed E-state index contributed by atoms with van der Waals surface area (Å²) in [6.07, 6.45) is 1.88. The summed E-state index contributed by atoms with van der Waals surface area (Å²) in [7, 11) is 0. The minimum Gasteiger partial charge on any atom is -0.354 e. The van der Waals surface area contributed by atoms with Crippen molar-refractivity contribution in [2.75, 3.05) is 12.3 Å². The summed E-state index contributed by atoms with van der Waals surface area (Å²) >= 11 is 1.49. The van der Waals surface area contributed by atoms with Crippen molar-refractivity contribution < 1.29 is 14.0 Å². The molecule has 0 aliphatic carbocycles. The summed E-state index contributed by atoms with van der Waals surface area (Å²) in [5.41, 5.74) is 2.20. The van der Waals surface area contributed by atoms with Crippen LogP contribution in [0.15, 0.2) is 48.5 Å². The Bertz CT molecular complexity index is 858. The molecule has 0 radical (unpaired) electrons. The lowest BCUT2D eigenvalue weighted by Crippen LogP contribution is -2.48. The molecule has 0 unspecified atom stereocenters. The molecule has 2 aromatic rings. The van der Waals surface area contributed by atoms with E-state index in [9.17, 15) is 14.0 Å². The number of hydrogen-bond acceptors (Lipinski definition) is 3. The molecule has 1 aliphatic rings. The molecule has 2 amide bonds. The van der Waals surface area contributed by atoms with Crippen LogP contribution in [0.2, 0.25) is 0 Å². The number of carbonyl (C=O) groups excluding carboxylic acids is 2. The van der Waals surface area contributed by atoms with Gasteiger partial charge in [0.15, 0.2) is 0 Å². The number of carbonyl (C=O) groups is 2. The Morgan fingerprint density at radius 3 is 2.71 bits per heavy atom. The van der Waals surface area contributed by atoms with Crippen molar-refractivity contribution in [3.05, 3.63) is 71.0 Å². The molecule has 1 saturated heterocycles. The van der Waals surface area contributed by atoms with Crippen molar-refractivity contribution in [3.63, 3.8) is 0 Å². The molecular weight excluding hydrogens is 375 g/mol. The molecule has 4 nitrogen and oxygen atoms in total. The number of nitrogens with zero attached hydrogens (tertiary/aromatic N) is 1. The zero-order valence-electron chi connectivity index (χ0n) is 16.2. The fraction of sp³-hybridized carbons (Fsp3) is 0.364. The number of amides is 2. The smallest absolute Gasteiger partial charge is 0.255 e. The second-order valence-electron chi connectivity index (χ2n) is 6.98. The lowest BCUT2D eigenvalue weighted by Gasteiger charge is -2.29. The Labute approximate surface area is 169 Å². The first-order chi connectivity index (χ1) is 13.5. The number of hydrogen-bond donors (Lipinski definition) is 1. The van der Waals surface area contributed by atoms with E-state index in [4.69, 9.17) is 0 Å². The van der Waals surface area contributed by atoms with Gasteiger partial charge < -0.3 is 10.2 Å². The topological polar surface area (TPSA) is 49.4 Å². The summed E-state index contributed by atoms with van der Waals surface area (Å²) in [6.45, 7) is 4.58. The fourth-order valence-electron chi connectivity index (χ4n) is 3.31. The molecule has 3 rings (SSSR count). The Morgan fingerprint density at radius 2 is 2.00 bits per heavy atom. The van der Waals surface area contributed by atoms with Gasteiger partial charge in [-0.3, -0.25) is 9.59 Å². The Kier molecular flexibility index (Phi) is 6.73. The van der Waals surface area contributed by atoms with Crippen LogP contribution in [-0.4, -0.2) is 35.1 Å². The summed E-state index contributed by atoms with van der Waals surface area (Å²) in [6, 6.07) is 13.0. The monoisotopic (exact) mass is 400 g/mol. The van der Waals surface area contributed by atoms with Crippen LogP contribution >= 0.6 is 11.8 Å². The van der Waals surface area contributed by atoms with E-state index in [0.29, 0.717) is 23.4 Å². The van der Waals surface area contributed by atoms with Crippen LogP contribution in [0.5, 0.6) is 0 Å². The van der Waals surface area contributed by atoms with Crippen molar-refractivity contribution in [1.82, 2.24) is 10.2 Å². The van der Waals surface area contributed by atoms with Crippen molar-refractivity contribution in [1.29, 1.82) is 0 Å². The third-order valence-corrected chi connectivity index (χ3v) is 6.09. The number of unbranched alkanes of at least 4 members (excludes halogenated alkanes) is 1. The molecule has 28 heavy (non-hydrogen) atoms. The van der Waals surface area contributed by atoms with Gasteiger partial charge in [0.25, 0.3) is 5.91 Å². The first-order valence-corrected chi connectivity index (χ1v) is 10.6. The van der Waals surface area contributed by atoms with E-state index in [1.807, 2.05) is 25.1 Å². The van der Waals surface area contributed by atoms with Gasteiger partial charge in [-0.1, -0.05) is 43.2 Å². The maximum Gasteiger partial charge on any atom is 0.255 e. The Hall–Kier alpha value is -2.34. The molecule has 0 spiro atoms. The molecule has 0 saturated carbocycles. The average Bonchev–Trinajstić information content (AvgIpc) is 3.12. The van der Waals surface area contributed by atoms with Crippen LogP contribution in [0.4, 0.5) is 4.39 Å². The third-order valence-electron chi connectivity index (χ3n) is 4.77. The second kappa shape index (κ2) is 9.24. The summed E-state index contributed by atoms with van der Waals surface area (Å²) in [5.74, 6) is -0.229. The highest BCUT2D eigenvalue weighted by Crippen LogP contribution is 2.42. The molecule has 1 aliphatic heterocycles. The van der Waals surface area contributed by atoms with Gasteiger partial charge in [-0.2, -0.15) is 0 Å². The molecule has 0 aromatic heterocycles. The minimum atomic E-state index is -0.580. The predicted molar refractivity (Wildman–Crippen MR) is 111 cm³/mol. The largest absolute Gasteiger partial charge is 0.354 e. The van der Waals surface area contributed by atoms with E-state index in [2.05, 4.69) is 12.2 Å².